The molecule has 0 aliphatic carbocycles. The fourth-order valence-electron chi connectivity index (χ4n) is 1.67. The minimum atomic E-state index is 0.0633. The Morgan fingerprint density at radius 1 is 1.06 bits per heavy atom. The van der Waals surface area contributed by atoms with E-state index in [-0.39, 0.29) is 11.3 Å². The fraction of sp³-hybridized carbons (Fsp3) is 0.933. The largest absolute Gasteiger partial charge is 0.342 e. The van der Waals surface area contributed by atoms with Crippen LogP contribution in [0.4, 0.5) is 0 Å². The summed E-state index contributed by atoms with van der Waals surface area (Å²) in [6.45, 7) is 14.7. The number of nitrogens with zero attached hydrogens (tertiary/aromatic N) is 1. The summed E-state index contributed by atoms with van der Waals surface area (Å²) in [6.07, 6.45) is 4.54. The van der Waals surface area contributed by atoms with E-state index in [0.717, 1.165) is 38.8 Å². The van der Waals surface area contributed by atoms with Crippen LogP contribution in [0, 0.1) is 11.3 Å². The van der Waals surface area contributed by atoms with E-state index in [1.165, 1.54) is 0 Å². The molecule has 0 saturated carbocycles. The minimum Gasteiger partial charge on any atom is -0.342 e. The number of carbonyl (C=O) groups is 1. The van der Waals surface area contributed by atoms with Gasteiger partial charge in [0.15, 0.2) is 0 Å². The van der Waals surface area contributed by atoms with Crippen molar-refractivity contribution >= 4 is 5.91 Å². The zero-order valence-corrected chi connectivity index (χ0v) is 12.7. The molecule has 2 heteroatoms. The molecule has 0 aromatic rings. The molecule has 0 radical (unpaired) electrons. The van der Waals surface area contributed by atoms with Crippen molar-refractivity contribution < 1.29 is 4.79 Å². The maximum absolute atomic E-state index is 12.4. The first-order chi connectivity index (χ1) is 7.84. The molecule has 0 spiro atoms. The van der Waals surface area contributed by atoms with E-state index in [9.17, 15) is 4.79 Å². The summed E-state index contributed by atoms with van der Waals surface area (Å²) in [6, 6.07) is 0. The number of carbonyl (C=O) groups excluding carboxylic acids is 1. The molecule has 102 valence electrons. The second-order valence-corrected chi connectivity index (χ2v) is 6.12. The van der Waals surface area contributed by atoms with Gasteiger partial charge >= 0.3 is 0 Å². The third kappa shape index (κ3) is 6.09. The van der Waals surface area contributed by atoms with Crippen LogP contribution in [0.1, 0.15) is 67.2 Å². The Balaban J connectivity index is 4.50. The monoisotopic (exact) mass is 241 g/mol. The molecule has 1 unspecified atom stereocenters. The van der Waals surface area contributed by atoms with Gasteiger partial charge in [-0.3, -0.25) is 4.79 Å². The van der Waals surface area contributed by atoms with Crippen molar-refractivity contribution in [2.45, 2.75) is 67.2 Å². The predicted octanol–water partition coefficient (Wildman–Crippen LogP) is 4.10. The van der Waals surface area contributed by atoms with Crippen LogP contribution >= 0.6 is 0 Å². The molecule has 2 nitrogen and oxygen atoms in total. The van der Waals surface area contributed by atoms with Crippen molar-refractivity contribution in [2.24, 2.45) is 11.3 Å². The standard InChI is InChI=1S/C15H31NO/c1-7-9-11-16(12-10-8-2)14(17)13(3)15(4,5)6/h13H,7-12H2,1-6H3. The van der Waals surface area contributed by atoms with Crippen molar-refractivity contribution in [3.8, 4) is 0 Å². The van der Waals surface area contributed by atoms with E-state index in [1.54, 1.807) is 0 Å². The van der Waals surface area contributed by atoms with Crippen molar-refractivity contribution in [1.29, 1.82) is 0 Å². The number of amides is 1. The van der Waals surface area contributed by atoms with Crippen molar-refractivity contribution in [3.05, 3.63) is 0 Å². The molecule has 0 saturated heterocycles. The topological polar surface area (TPSA) is 20.3 Å². The summed E-state index contributed by atoms with van der Waals surface area (Å²) >= 11 is 0. The highest BCUT2D eigenvalue weighted by atomic mass is 16.2. The Morgan fingerprint density at radius 3 is 1.76 bits per heavy atom. The Labute approximate surface area is 108 Å². The van der Waals surface area contributed by atoms with Crippen LogP contribution in [0.2, 0.25) is 0 Å². The lowest BCUT2D eigenvalue weighted by Gasteiger charge is -2.32. The average molecular weight is 241 g/mol. The van der Waals surface area contributed by atoms with Gasteiger partial charge in [-0.2, -0.15) is 0 Å². The van der Waals surface area contributed by atoms with Gasteiger partial charge in [0.05, 0.1) is 0 Å². The third-order valence-corrected chi connectivity index (χ3v) is 3.54. The lowest BCUT2D eigenvalue weighted by atomic mass is 9.81. The Bertz CT molecular complexity index is 209. The van der Waals surface area contributed by atoms with Crippen LogP contribution in [0.15, 0.2) is 0 Å². The molecule has 0 heterocycles. The normalized spacial score (nSPS) is 13.5. The van der Waals surface area contributed by atoms with Crippen LogP contribution in [-0.2, 0) is 4.79 Å². The van der Waals surface area contributed by atoms with E-state index in [1.807, 2.05) is 0 Å². The van der Waals surface area contributed by atoms with Gasteiger partial charge in [0.25, 0.3) is 0 Å². The average Bonchev–Trinajstić information content (AvgIpc) is 2.26. The van der Waals surface area contributed by atoms with Gasteiger partial charge in [-0.25, -0.2) is 0 Å². The van der Waals surface area contributed by atoms with Crippen LogP contribution in [-0.4, -0.2) is 23.9 Å². The molecule has 1 amide bonds. The Kier molecular flexibility index (Phi) is 7.49. The zero-order valence-electron chi connectivity index (χ0n) is 12.7. The highest BCUT2D eigenvalue weighted by molar-refractivity contribution is 5.79. The highest BCUT2D eigenvalue weighted by Crippen LogP contribution is 2.27. The molecule has 0 aliphatic heterocycles. The number of unbranched alkanes of at least 4 members (excludes halogenated alkanes) is 2. The highest BCUT2D eigenvalue weighted by Gasteiger charge is 2.29. The maximum atomic E-state index is 12.4. The summed E-state index contributed by atoms with van der Waals surface area (Å²) in [5, 5.41) is 0. The van der Waals surface area contributed by atoms with Crippen LogP contribution < -0.4 is 0 Å². The second kappa shape index (κ2) is 7.73. The molecule has 0 aromatic heterocycles. The van der Waals surface area contributed by atoms with Gasteiger partial charge in [0.1, 0.15) is 0 Å². The van der Waals surface area contributed by atoms with Crippen molar-refractivity contribution in [3.63, 3.8) is 0 Å². The molecule has 17 heavy (non-hydrogen) atoms. The quantitative estimate of drug-likeness (QED) is 0.657. The van der Waals surface area contributed by atoms with E-state index in [4.69, 9.17) is 0 Å². The first-order valence-electron chi connectivity index (χ1n) is 7.13. The van der Waals surface area contributed by atoms with Gasteiger partial charge in [-0.1, -0.05) is 54.4 Å². The number of hydrogen-bond acceptors (Lipinski definition) is 1. The smallest absolute Gasteiger partial charge is 0.225 e. The summed E-state index contributed by atoms with van der Waals surface area (Å²) in [5.74, 6) is 0.440. The van der Waals surface area contributed by atoms with Gasteiger partial charge in [-0.05, 0) is 18.3 Å². The first kappa shape index (κ1) is 16.5. The SMILES string of the molecule is CCCCN(CCCC)C(=O)C(C)C(C)(C)C. The molecule has 0 aromatic carbocycles. The predicted molar refractivity (Wildman–Crippen MR) is 75.0 cm³/mol. The van der Waals surface area contributed by atoms with E-state index < -0.39 is 0 Å². The number of hydrogen-bond donors (Lipinski definition) is 0. The molecule has 0 fully saturated rings. The Morgan fingerprint density at radius 2 is 1.47 bits per heavy atom. The molecule has 0 aliphatic rings. The lowest BCUT2D eigenvalue weighted by Crippen LogP contribution is -2.41. The fourth-order valence-corrected chi connectivity index (χ4v) is 1.67. The molecule has 1 atom stereocenters. The zero-order chi connectivity index (χ0) is 13.5. The maximum Gasteiger partial charge on any atom is 0.225 e. The number of rotatable bonds is 7. The van der Waals surface area contributed by atoms with E-state index in [2.05, 4.69) is 46.4 Å². The molecule has 0 bridgehead atoms. The van der Waals surface area contributed by atoms with Gasteiger partial charge < -0.3 is 4.90 Å². The van der Waals surface area contributed by atoms with Crippen molar-refractivity contribution in [2.75, 3.05) is 13.1 Å². The van der Waals surface area contributed by atoms with E-state index in [0.29, 0.717) is 5.91 Å². The molecule has 0 N–H and O–H groups in total. The molecular formula is C15H31NO. The Hall–Kier alpha value is -0.530. The van der Waals surface area contributed by atoms with Gasteiger partial charge in [0, 0.05) is 19.0 Å². The lowest BCUT2D eigenvalue weighted by molar-refractivity contribution is -0.138. The van der Waals surface area contributed by atoms with Crippen LogP contribution in [0.25, 0.3) is 0 Å². The van der Waals surface area contributed by atoms with Gasteiger partial charge in [-0.15, -0.1) is 0 Å². The van der Waals surface area contributed by atoms with Crippen molar-refractivity contribution in [1.82, 2.24) is 4.90 Å². The summed E-state index contributed by atoms with van der Waals surface area (Å²) in [7, 11) is 0. The summed E-state index contributed by atoms with van der Waals surface area (Å²) in [5.41, 5.74) is 0.0633. The van der Waals surface area contributed by atoms with Crippen LogP contribution in [0.3, 0.4) is 0 Å². The first-order valence-corrected chi connectivity index (χ1v) is 7.13. The third-order valence-electron chi connectivity index (χ3n) is 3.54. The summed E-state index contributed by atoms with van der Waals surface area (Å²) in [4.78, 5) is 14.5. The molecule has 0 rings (SSSR count). The van der Waals surface area contributed by atoms with Gasteiger partial charge in [0.2, 0.25) is 5.91 Å². The van der Waals surface area contributed by atoms with E-state index >= 15 is 0 Å². The second-order valence-electron chi connectivity index (χ2n) is 6.12. The summed E-state index contributed by atoms with van der Waals surface area (Å²) < 4.78 is 0. The minimum absolute atomic E-state index is 0.0633. The molecular weight excluding hydrogens is 210 g/mol. The van der Waals surface area contributed by atoms with Crippen LogP contribution in [0.5, 0.6) is 0 Å².